The van der Waals surface area contributed by atoms with E-state index in [-0.39, 0.29) is 28.6 Å². The third-order valence-electron chi connectivity index (χ3n) is 5.57. The first-order valence-electron chi connectivity index (χ1n) is 10.2. The number of carbonyl (C=O) groups excluding carboxylic acids is 1. The van der Waals surface area contributed by atoms with E-state index in [9.17, 15) is 18.0 Å². The molecule has 1 N–H and O–H groups in total. The van der Waals surface area contributed by atoms with E-state index in [4.69, 9.17) is 0 Å². The number of nitrogens with zero attached hydrogens (tertiary/aromatic N) is 4. The summed E-state index contributed by atoms with van der Waals surface area (Å²) in [6.45, 7) is 3.30. The SMILES string of the molecule is CCN(Cc1nc2ccccc2c(=O)[nH]1)C(=O)c1cc(S(=O)(=O)N2CCCC2)cn1C. The number of rotatable bonds is 6. The monoisotopic (exact) mass is 443 g/mol. The third kappa shape index (κ3) is 4.00. The molecule has 10 heteroatoms. The number of carbonyl (C=O) groups is 1. The van der Waals surface area contributed by atoms with Gasteiger partial charge in [-0.15, -0.1) is 0 Å². The van der Waals surface area contributed by atoms with Crippen LogP contribution in [0.2, 0.25) is 0 Å². The van der Waals surface area contributed by atoms with Crippen molar-refractivity contribution in [3.05, 3.63) is 58.4 Å². The summed E-state index contributed by atoms with van der Waals surface area (Å²) in [6.07, 6.45) is 3.17. The van der Waals surface area contributed by atoms with Gasteiger partial charge in [0.15, 0.2) is 0 Å². The van der Waals surface area contributed by atoms with Crippen LogP contribution in [0.1, 0.15) is 36.1 Å². The number of benzene rings is 1. The molecule has 1 aromatic carbocycles. The number of para-hydroxylation sites is 1. The van der Waals surface area contributed by atoms with Crippen LogP contribution in [0.15, 0.2) is 46.2 Å². The lowest BCUT2D eigenvalue weighted by molar-refractivity contribution is 0.0738. The van der Waals surface area contributed by atoms with Crippen LogP contribution in [-0.2, 0) is 23.6 Å². The van der Waals surface area contributed by atoms with Crippen LogP contribution in [0.4, 0.5) is 0 Å². The second-order valence-corrected chi connectivity index (χ2v) is 9.57. The maximum atomic E-state index is 13.2. The van der Waals surface area contributed by atoms with Crippen LogP contribution in [0, 0.1) is 0 Å². The molecule has 0 spiro atoms. The first kappa shape index (κ1) is 21.3. The molecule has 0 atom stereocenters. The first-order chi connectivity index (χ1) is 14.8. The number of hydrogen-bond acceptors (Lipinski definition) is 5. The van der Waals surface area contributed by atoms with Gasteiger partial charge in [-0.05, 0) is 38.0 Å². The number of nitrogens with one attached hydrogen (secondary N) is 1. The van der Waals surface area contributed by atoms with Gasteiger partial charge in [0.05, 0.1) is 17.4 Å². The number of H-pyrrole nitrogens is 1. The Morgan fingerprint density at radius 3 is 2.65 bits per heavy atom. The van der Waals surface area contributed by atoms with E-state index in [1.165, 1.54) is 26.0 Å². The number of aromatic nitrogens is 3. The molecule has 31 heavy (non-hydrogen) atoms. The molecule has 2 aromatic heterocycles. The van der Waals surface area contributed by atoms with Crippen LogP contribution in [0.5, 0.6) is 0 Å². The maximum absolute atomic E-state index is 13.2. The van der Waals surface area contributed by atoms with Crippen LogP contribution >= 0.6 is 0 Å². The molecule has 0 bridgehead atoms. The Morgan fingerprint density at radius 2 is 1.94 bits per heavy atom. The van der Waals surface area contributed by atoms with Crippen molar-refractivity contribution in [2.24, 2.45) is 7.05 Å². The third-order valence-corrected chi connectivity index (χ3v) is 7.44. The number of aryl methyl sites for hydroxylation is 1. The van der Waals surface area contributed by atoms with E-state index in [0.29, 0.717) is 36.4 Å². The Bertz CT molecular complexity index is 1290. The fourth-order valence-corrected chi connectivity index (χ4v) is 5.43. The highest BCUT2D eigenvalue weighted by Gasteiger charge is 2.30. The van der Waals surface area contributed by atoms with Gasteiger partial charge in [0.2, 0.25) is 10.0 Å². The molecule has 1 saturated heterocycles. The van der Waals surface area contributed by atoms with E-state index >= 15 is 0 Å². The van der Waals surface area contributed by atoms with Crippen molar-refractivity contribution in [2.45, 2.75) is 31.2 Å². The Morgan fingerprint density at radius 1 is 1.23 bits per heavy atom. The number of amides is 1. The minimum absolute atomic E-state index is 0.106. The molecule has 1 fully saturated rings. The summed E-state index contributed by atoms with van der Waals surface area (Å²) >= 11 is 0. The van der Waals surface area contributed by atoms with Gasteiger partial charge in [0.25, 0.3) is 11.5 Å². The van der Waals surface area contributed by atoms with Crippen molar-refractivity contribution in [1.29, 1.82) is 0 Å². The van der Waals surface area contributed by atoms with Crippen molar-refractivity contribution in [3.63, 3.8) is 0 Å². The second-order valence-electron chi connectivity index (χ2n) is 7.63. The predicted octanol–water partition coefficient (Wildman–Crippen LogP) is 1.71. The number of hydrogen-bond donors (Lipinski definition) is 1. The molecular weight excluding hydrogens is 418 g/mol. The van der Waals surface area contributed by atoms with Crippen molar-refractivity contribution >= 4 is 26.8 Å². The van der Waals surface area contributed by atoms with Crippen LogP contribution in [0.25, 0.3) is 10.9 Å². The molecule has 1 aliphatic heterocycles. The largest absolute Gasteiger partial charge is 0.345 e. The highest BCUT2D eigenvalue weighted by atomic mass is 32.2. The first-order valence-corrected chi connectivity index (χ1v) is 11.7. The molecule has 0 radical (unpaired) electrons. The molecular formula is C21H25N5O4S. The topological polar surface area (TPSA) is 108 Å². The van der Waals surface area contributed by atoms with Crippen LogP contribution < -0.4 is 5.56 Å². The molecule has 0 aliphatic carbocycles. The van der Waals surface area contributed by atoms with Crippen LogP contribution in [0.3, 0.4) is 0 Å². The van der Waals surface area contributed by atoms with E-state index in [2.05, 4.69) is 9.97 Å². The maximum Gasteiger partial charge on any atom is 0.270 e. The van der Waals surface area contributed by atoms with E-state index in [1.54, 1.807) is 31.3 Å². The van der Waals surface area contributed by atoms with Gasteiger partial charge in [-0.2, -0.15) is 4.31 Å². The highest BCUT2D eigenvalue weighted by molar-refractivity contribution is 7.89. The van der Waals surface area contributed by atoms with Gasteiger partial charge in [-0.3, -0.25) is 9.59 Å². The summed E-state index contributed by atoms with van der Waals surface area (Å²) in [5.74, 6) is 0.0432. The molecule has 9 nitrogen and oxygen atoms in total. The van der Waals surface area contributed by atoms with Gasteiger partial charge >= 0.3 is 0 Å². The summed E-state index contributed by atoms with van der Waals surface area (Å²) in [5, 5.41) is 0.486. The van der Waals surface area contributed by atoms with Crippen molar-refractivity contribution in [3.8, 4) is 0 Å². The lowest BCUT2D eigenvalue weighted by atomic mass is 10.2. The molecule has 0 saturated carbocycles. The molecule has 3 heterocycles. The van der Waals surface area contributed by atoms with Crippen molar-refractivity contribution in [1.82, 2.24) is 23.7 Å². The standard InChI is InChI=1S/C21H25N5O4S/c1-3-25(14-19-22-17-9-5-4-8-16(17)20(27)23-19)21(28)18-12-15(13-24(18)2)31(29,30)26-10-6-7-11-26/h4-5,8-9,12-13H,3,6-7,10-11,14H2,1-2H3,(H,22,23,27). The van der Waals surface area contributed by atoms with E-state index in [1.807, 2.05) is 6.92 Å². The minimum atomic E-state index is -3.61. The van der Waals surface area contributed by atoms with Crippen molar-refractivity contribution < 1.29 is 13.2 Å². The zero-order valence-electron chi connectivity index (χ0n) is 17.5. The highest BCUT2D eigenvalue weighted by Crippen LogP contribution is 2.23. The minimum Gasteiger partial charge on any atom is -0.345 e. The summed E-state index contributed by atoms with van der Waals surface area (Å²) < 4.78 is 28.7. The van der Waals surface area contributed by atoms with Gasteiger partial charge < -0.3 is 14.5 Å². The molecule has 0 unspecified atom stereocenters. The average Bonchev–Trinajstić information content (AvgIpc) is 3.42. The fourth-order valence-electron chi connectivity index (χ4n) is 3.85. The zero-order chi connectivity index (χ0) is 22.2. The predicted molar refractivity (Wildman–Crippen MR) is 116 cm³/mol. The van der Waals surface area contributed by atoms with Gasteiger partial charge in [0.1, 0.15) is 16.4 Å². The number of fused-ring (bicyclic) bond motifs is 1. The quantitative estimate of drug-likeness (QED) is 0.624. The second kappa shape index (κ2) is 8.27. The molecule has 1 aliphatic rings. The summed E-state index contributed by atoms with van der Waals surface area (Å²) in [6, 6.07) is 8.44. The Balaban J connectivity index is 1.61. The molecule has 164 valence electrons. The average molecular weight is 444 g/mol. The van der Waals surface area contributed by atoms with Crippen LogP contribution in [-0.4, -0.2) is 57.7 Å². The van der Waals surface area contributed by atoms with Gasteiger partial charge in [0, 0.05) is 32.9 Å². The Kier molecular flexibility index (Phi) is 5.67. The van der Waals surface area contributed by atoms with E-state index < -0.39 is 10.0 Å². The Labute approximate surface area is 180 Å². The normalized spacial score (nSPS) is 14.9. The number of aromatic amines is 1. The van der Waals surface area contributed by atoms with Gasteiger partial charge in [-0.25, -0.2) is 13.4 Å². The molecule has 3 aromatic rings. The Hall–Kier alpha value is -2.98. The smallest absolute Gasteiger partial charge is 0.270 e. The van der Waals surface area contributed by atoms with E-state index in [0.717, 1.165) is 12.8 Å². The summed E-state index contributed by atoms with van der Waals surface area (Å²) in [4.78, 5) is 34.4. The fraction of sp³-hybridized carbons (Fsp3) is 0.381. The van der Waals surface area contributed by atoms with Gasteiger partial charge in [-0.1, -0.05) is 12.1 Å². The summed E-state index contributed by atoms with van der Waals surface area (Å²) in [7, 11) is -1.96. The molecule has 1 amide bonds. The number of sulfonamides is 1. The van der Waals surface area contributed by atoms with Crippen molar-refractivity contribution in [2.75, 3.05) is 19.6 Å². The lowest BCUT2D eigenvalue weighted by Gasteiger charge is -2.20. The zero-order valence-corrected chi connectivity index (χ0v) is 18.4. The lowest BCUT2D eigenvalue weighted by Crippen LogP contribution is -2.33. The summed E-state index contributed by atoms with van der Waals surface area (Å²) in [5.41, 5.74) is 0.562. The molecule has 4 rings (SSSR count).